The molecular formula is C19H35N5O6S. The van der Waals surface area contributed by atoms with Crippen molar-refractivity contribution in [3.8, 4) is 0 Å². The third-order valence-electron chi connectivity index (χ3n) is 4.42. The van der Waals surface area contributed by atoms with Crippen molar-refractivity contribution in [2.24, 2.45) is 23.3 Å². The number of amides is 4. The Morgan fingerprint density at radius 3 is 1.87 bits per heavy atom. The predicted molar refractivity (Wildman–Crippen MR) is 118 cm³/mol. The number of nitrogens with two attached hydrogens (primary N) is 2. The Labute approximate surface area is 187 Å². The quantitative estimate of drug-likeness (QED) is 0.157. The van der Waals surface area contributed by atoms with Crippen LogP contribution in [0.2, 0.25) is 0 Å². The molecule has 0 bridgehead atoms. The first-order valence-corrected chi connectivity index (χ1v) is 10.7. The van der Waals surface area contributed by atoms with Gasteiger partial charge in [0.15, 0.2) is 0 Å². The van der Waals surface area contributed by atoms with Gasteiger partial charge in [0.25, 0.3) is 0 Å². The molecule has 4 amide bonds. The van der Waals surface area contributed by atoms with Crippen molar-refractivity contribution in [1.29, 1.82) is 0 Å². The largest absolute Gasteiger partial charge is 0.480 e. The zero-order valence-corrected chi connectivity index (χ0v) is 19.3. The van der Waals surface area contributed by atoms with E-state index in [4.69, 9.17) is 11.5 Å². The van der Waals surface area contributed by atoms with E-state index in [-0.39, 0.29) is 36.9 Å². The lowest BCUT2D eigenvalue weighted by Crippen LogP contribution is -2.59. The molecule has 4 atom stereocenters. The van der Waals surface area contributed by atoms with E-state index in [1.54, 1.807) is 13.8 Å². The Bertz CT molecular complexity index is 658. The molecule has 12 heteroatoms. The van der Waals surface area contributed by atoms with Gasteiger partial charge in [-0.1, -0.05) is 27.7 Å². The van der Waals surface area contributed by atoms with Crippen molar-refractivity contribution in [1.82, 2.24) is 16.0 Å². The van der Waals surface area contributed by atoms with E-state index in [9.17, 15) is 29.1 Å². The van der Waals surface area contributed by atoms with Crippen LogP contribution in [0, 0.1) is 11.8 Å². The lowest BCUT2D eigenvalue weighted by atomic mass is 10.00. The number of thiol groups is 1. The number of primary amides is 1. The molecule has 0 aromatic carbocycles. The fourth-order valence-corrected chi connectivity index (χ4v) is 2.90. The molecule has 0 spiro atoms. The molecule has 178 valence electrons. The van der Waals surface area contributed by atoms with E-state index in [0.717, 1.165) is 0 Å². The Balaban J connectivity index is 5.14. The van der Waals surface area contributed by atoms with Crippen molar-refractivity contribution in [3.05, 3.63) is 0 Å². The van der Waals surface area contributed by atoms with Gasteiger partial charge in [0.1, 0.15) is 18.1 Å². The molecule has 0 radical (unpaired) electrons. The topological polar surface area (TPSA) is 194 Å². The molecule has 0 rings (SSSR count). The minimum atomic E-state index is -1.17. The maximum absolute atomic E-state index is 12.6. The molecule has 4 unspecified atom stereocenters. The molecule has 0 fully saturated rings. The van der Waals surface area contributed by atoms with Gasteiger partial charge in [-0.05, 0) is 24.7 Å². The average Bonchev–Trinajstić information content (AvgIpc) is 2.66. The van der Waals surface area contributed by atoms with Crippen LogP contribution in [0.4, 0.5) is 0 Å². The van der Waals surface area contributed by atoms with Gasteiger partial charge in [-0.3, -0.25) is 19.2 Å². The summed E-state index contributed by atoms with van der Waals surface area (Å²) in [6.07, 6.45) is 0.174. The molecule has 0 aromatic rings. The normalized spacial score (nSPS) is 15.0. The van der Waals surface area contributed by atoms with Crippen molar-refractivity contribution >= 4 is 42.2 Å². The summed E-state index contributed by atoms with van der Waals surface area (Å²) < 4.78 is 0. The Morgan fingerprint density at radius 1 is 0.903 bits per heavy atom. The number of carbonyl (C=O) groups is 5. The van der Waals surface area contributed by atoms with Crippen molar-refractivity contribution in [3.63, 3.8) is 0 Å². The molecule has 8 N–H and O–H groups in total. The summed E-state index contributed by atoms with van der Waals surface area (Å²) in [4.78, 5) is 59.7. The highest BCUT2D eigenvalue weighted by atomic mass is 32.1. The van der Waals surface area contributed by atoms with Crippen molar-refractivity contribution in [2.75, 3.05) is 5.75 Å². The van der Waals surface area contributed by atoms with Gasteiger partial charge in [-0.15, -0.1) is 0 Å². The Kier molecular flexibility index (Phi) is 12.8. The number of aliphatic carboxylic acids is 1. The van der Waals surface area contributed by atoms with Crippen LogP contribution in [0.15, 0.2) is 0 Å². The summed E-state index contributed by atoms with van der Waals surface area (Å²) in [6, 6.07) is -4.24. The third-order valence-corrected chi connectivity index (χ3v) is 4.79. The van der Waals surface area contributed by atoms with Crippen molar-refractivity contribution < 1.29 is 29.1 Å². The Morgan fingerprint density at radius 2 is 1.45 bits per heavy atom. The summed E-state index contributed by atoms with van der Waals surface area (Å²) in [5.74, 6) is -4.13. The van der Waals surface area contributed by atoms with Gasteiger partial charge in [-0.2, -0.15) is 12.6 Å². The first kappa shape index (κ1) is 28.7. The molecule has 0 aliphatic rings. The maximum Gasteiger partial charge on any atom is 0.326 e. The monoisotopic (exact) mass is 461 g/mol. The molecule has 0 saturated heterocycles. The van der Waals surface area contributed by atoms with Gasteiger partial charge >= 0.3 is 5.97 Å². The minimum absolute atomic E-state index is 0.0194. The molecule has 0 aliphatic heterocycles. The van der Waals surface area contributed by atoms with E-state index in [2.05, 4.69) is 28.6 Å². The summed E-state index contributed by atoms with van der Waals surface area (Å²) in [5, 5.41) is 16.7. The maximum atomic E-state index is 12.6. The smallest absolute Gasteiger partial charge is 0.326 e. The average molecular weight is 462 g/mol. The lowest BCUT2D eigenvalue weighted by Gasteiger charge is -2.27. The highest BCUT2D eigenvalue weighted by molar-refractivity contribution is 7.80. The van der Waals surface area contributed by atoms with Crippen LogP contribution >= 0.6 is 12.6 Å². The first-order valence-electron chi connectivity index (χ1n) is 10.1. The van der Waals surface area contributed by atoms with Crippen LogP contribution in [-0.4, -0.2) is 64.6 Å². The second kappa shape index (κ2) is 13.9. The highest BCUT2D eigenvalue weighted by Crippen LogP contribution is 2.08. The fraction of sp³-hybridized carbons (Fsp3) is 0.737. The predicted octanol–water partition coefficient (Wildman–Crippen LogP) is -1.25. The van der Waals surface area contributed by atoms with E-state index < -0.39 is 53.8 Å². The number of carboxylic acid groups (broad SMARTS) is 1. The van der Waals surface area contributed by atoms with E-state index in [1.165, 1.54) is 0 Å². The van der Waals surface area contributed by atoms with Crippen LogP contribution in [-0.2, 0) is 24.0 Å². The van der Waals surface area contributed by atoms with Gasteiger partial charge in [-0.25, -0.2) is 4.79 Å². The van der Waals surface area contributed by atoms with Gasteiger partial charge in [0.05, 0.1) is 6.04 Å². The second-order valence-electron chi connectivity index (χ2n) is 8.11. The molecule has 11 nitrogen and oxygen atoms in total. The van der Waals surface area contributed by atoms with Crippen LogP contribution < -0.4 is 27.4 Å². The standard InChI is InChI=1S/C19H35N5O6S/c1-9(2)7-12(19(29)30)22-18(28)15(10(3)4)24-17(27)13(8-31)23-16(26)11(20)5-6-14(21)25/h9-13,15,31H,5-8,20H2,1-4H3,(H2,21,25)(H,22,28)(H,23,26)(H,24,27)(H,29,30). The molecule has 0 aromatic heterocycles. The molecule has 0 saturated carbocycles. The number of hydrogen-bond donors (Lipinski definition) is 7. The zero-order valence-electron chi connectivity index (χ0n) is 18.4. The number of nitrogens with one attached hydrogen (secondary N) is 3. The fourth-order valence-electron chi connectivity index (χ4n) is 2.64. The van der Waals surface area contributed by atoms with Crippen LogP contribution in [0.1, 0.15) is 47.0 Å². The zero-order chi connectivity index (χ0) is 24.3. The minimum Gasteiger partial charge on any atom is -0.480 e. The molecule has 0 heterocycles. The van der Waals surface area contributed by atoms with Crippen LogP contribution in [0.5, 0.6) is 0 Å². The van der Waals surface area contributed by atoms with Crippen molar-refractivity contribution in [2.45, 2.75) is 71.1 Å². The molecule has 31 heavy (non-hydrogen) atoms. The number of carbonyl (C=O) groups excluding carboxylic acids is 4. The number of rotatable bonds is 14. The first-order chi connectivity index (χ1) is 14.3. The Hall–Kier alpha value is -2.34. The lowest BCUT2D eigenvalue weighted by molar-refractivity contribution is -0.143. The summed E-state index contributed by atoms with van der Waals surface area (Å²) in [7, 11) is 0. The van der Waals surface area contributed by atoms with Crippen LogP contribution in [0.25, 0.3) is 0 Å². The van der Waals surface area contributed by atoms with Gasteiger partial charge in [0, 0.05) is 12.2 Å². The molecule has 0 aliphatic carbocycles. The van der Waals surface area contributed by atoms with E-state index in [1.807, 2.05) is 13.8 Å². The number of carboxylic acids is 1. The second-order valence-corrected chi connectivity index (χ2v) is 8.48. The number of hydrogen-bond acceptors (Lipinski definition) is 7. The van der Waals surface area contributed by atoms with Gasteiger partial charge in [0.2, 0.25) is 23.6 Å². The highest BCUT2D eigenvalue weighted by Gasteiger charge is 2.31. The summed E-state index contributed by atoms with van der Waals surface area (Å²) in [6.45, 7) is 7.05. The van der Waals surface area contributed by atoms with Gasteiger partial charge < -0.3 is 32.5 Å². The summed E-state index contributed by atoms with van der Waals surface area (Å²) >= 11 is 4.06. The third kappa shape index (κ3) is 11.0. The van der Waals surface area contributed by atoms with E-state index >= 15 is 0 Å². The van der Waals surface area contributed by atoms with Crippen LogP contribution in [0.3, 0.4) is 0 Å². The van der Waals surface area contributed by atoms with E-state index in [0.29, 0.717) is 0 Å². The SMILES string of the molecule is CC(C)CC(NC(=O)C(NC(=O)C(CS)NC(=O)C(N)CCC(N)=O)C(C)C)C(=O)O. The summed E-state index contributed by atoms with van der Waals surface area (Å²) in [5.41, 5.74) is 10.7. The molecular weight excluding hydrogens is 426 g/mol.